The van der Waals surface area contributed by atoms with E-state index in [0.717, 1.165) is 19.5 Å². The summed E-state index contributed by atoms with van der Waals surface area (Å²) < 4.78 is 0. The molecule has 0 spiro atoms. The zero-order valence-corrected chi connectivity index (χ0v) is 9.89. The van der Waals surface area contributed by atoms with E-state index in [1.165, 1.54) is 12.1 Å². The Morgan fingerprint density at radius 3 is 3.06 bits per heavy atom. The largest absolute Gasteiger partial charge is 0.352 e. The van der Waals surface area contributed by atoms with Crippen LogP contribution in [0.2, 0.25) is 0 Å². The molecular weight excluding hydrogens is 234 g/mol. The molecule has 1 atom stereocenters. The van der Waals surface area contributed by atoms with Gasteiger partial charge in [-0.2, -0.15) is 0 Å². The summed E-state index contributed by atoms with van der Waals surface area (Å²) in [7, 11) is 0. The molecule has 6 nitrogen and oxygen atoms in total. The van der Waals surface area contributed by atoms with E-state index in [0.29, 0.717) is 5.56 Å². The molecule has 1 amide bonds. The van der Waals surface area contributed by atoms with Gasteiger partial charge in [0.25, 0.3) is 5.69 Å². The number of nitrogens with zero attached hydrogens (tertiary/aromatic N) is 1. The van der Waals surface area contributed by atoms with Crippen molar-refractivity contribution in [1.82, 2.24) is 10.6 Å². The minimum Gasteiger partial charge on any atom is -0.352 e. The highest BCUT2D eigenvalue weighted by molar-refractivity contribution is 5.79. The first kappa shape index (κ1) is 12.5. The van der Waals surface area contributed by atoms with Crippen molar-refractivity contribution in [2.24, 2.45) is 0 Å². The minimum atomic E-state index is -0.456. The highest BCUT2D eigenvalue weighted by atomic mass is 16.6. The van der Waals surface area contributed by atoms with Crippen LogP contribution in [0.25, 0.3) is 0 Å². The molecule has 1 saturated heterocycles. The van der Waals surface area contributed by atoms with Gasteiger partial charge in [-0.25, -0.2) is 0 Å². The van der Waals surface area contributed by atoms with Crippen LogP contribution in [-0.2, 0) is 11.2 Å². The predicted molar refractivity (Wildman–Crippen MR) is 66.2 cm³/mol. The lowest BCUT2D eigenvalue weighted by molar-refractivity contribution is -0.384. The molecule has 1 aromatic rings. The average Bonchev–Trinajstić information content (AvgIpc) is 2.82. The number of nitro benzene ring substituents is 1. The van der Waals surface area contributed by atoms with Crippen molar-refractivity contribution in [2.45, 2.75) is 18.9 Å². The van der Waals surface area contributed by atoms with Crippen LogP contribution in [0.15, 0.2) is 24.3 Å². The van der Waals surface area contributed by atoms with E-state index < -0.39 is 4.92 Å². The molecule has 96 valence electrons. The normalized spacial score (nSPS) is 18.6. The van der Waals surface area contributed by atoms with Gasteiger partial charge in [0, 0.05) is 24.7 Å². The summed E-state index contributed by atoms with van der Waals surface area (Å²) in [5.41, 5.74) is 0.676. The smallest absolute Gasteiger partial charge is 0.269 e. The molecule has 1 aromatic carbocycles. The Labute approximate surface area is 105 Å². The van der Waals surface area contributed by atoms with Gasteiger partial charge in [0.05, 0.1) is 11.3 Å². The minimum absolute atomic E-state index is 0.0165. The summed E-state index contributed by atoms with van der Waals surface area (Å²) in [5.74, 6) is -0.0933. The maximum atomic E-state index is 11.7. The van der Waals surface area contributed by atoms with Crippen LogP contribution in [0.3, 0.4) is 0 Å². The number of hydrogen-bond acceptors (Lipinski definition) is 4. The van der Waals surface area contributed by atoms with Crippen LogP contribution in [0.4, 0.5) is 5.69 Å². The van der Waals surface area contributed by atoms with E-state index in [2.05, 4.69) is 10.6 Å². The molecule has 1 aliphatic rings. The molecule has 2 rings (SSSR count). The first-order valence-corrected chi connectivity index (χ1v) is 5.88. The van der Waals surface area contributed by atoms with Gasteiger partial charge in [-0.15, -0.1) is 0 Å². The fraction of sp³-hybridized carbons (Fsp3) is 0.417. The molecule has 0 aromatic heterocycles. The van der Waals surface area contributed by atoms with Gasteiger partial charge in [-0.3, -0.25) is 14.9 Å². The van der Waals surface area contributed by atoms with E-state index in [1.54, 1.807) is 12.1 Å². The molecule has 1 aliphatic heterocycles. The fourth-order valence-electron chi connectivity index (χ4n) is 2.02. The number of nitrogens with one attached hydrogen (secondary N) is 2. The Morgan fingerprint density at radius 2 is 2.39 bits per heavy atom. The van der Waals surface area contributed by atoms with Crippen molar-refractivity contribution >= 4 is 11.6 Å². The Kier molecular flexibility index (Phi) is 3.88. The third-order valence-corrected chi connectivity index (χ3v) is 2.91. The lowest BCUT2D eigenvalue weighted by Gasteiger charge is -2.11. The summed E-state index contributed by atoms with van der Waals surface area (Å²) in [6, 6.07) is 6.35. The van der Waals surface area contributed by atoms with Crippen LogP contribution in [-0.4, -0.2) is 30.0 Å². The zero-order chi connectivity index (χ0) is 13.0. The summed E-state index contributed by atoms with van der Waals surface area (Å²) in [6.45, 7) is 1.71. The van der Waals surface area contributed by atoms with Crippen molar-refractivity contribution in [3.63, 3.8) is 0 Å². The molecule has 0 radical (unpaired) electrons. The third-order valence-electron chi connectivity index (χ3n) is 2.91. The molecule has 0 unspecified atom stereocenters. The monoisotopic (exact) mass is 249 g/mol. The van der Waals surface area contributed by atoms with Gasteiger partial charge < -0.3 is 10.6 Å². The molecule has 1 fully saturated rings. The average molecular weight is 249 g/mol. The maximum absolute atomic E-state index is 11.7. The van der Waals surface area contributed by atoms with Crippen LogP contribution < -0.4 is 10.6 Å². The van der Waals surface area contributed by atoms with Gasteiger partial charge in [-0.05, 0) is 18.5 Å². The Bertz CT molecular complexity index is 456. The van der Waals surface area contributed by atoms with Crippen molar-refractivity contribution in [2.75, 3.05) is 13.1 Å². The second-order valence-corrected chi connectivity index (χ2v) is 4.36. The van der Waals surface area contributed by atoms with Crippen LogP contribution in [0.5, 0.6) is 0 Å². The van der Waals surface area contributed by atoms with E-state index in [4.69, 9.17) is 0 Å². The number of carbonyl (C=O) groups excluding carboxylic acids is 1. The third kappa shape index (κ3) is 3.27. The van der Waals surface area contributed by atoms with E-state index in [9.17, 15) is 14.9 Å². The molecule has 2 N–H and O–H groups in total. The van der Waals surface area contributed by atoms with Gasteiger partial charge in [0.1, 0.15) is 0 Å². The maximum Gasteiger partial charge on any atom is 0.269 e. The van der Waals surface area contributed by atoms with Crippen molar-refractivity contribution < 1.29 is 9.72 Å². The molecular formula is C12H15N3O3. The van der Waals surface area contributed by atoms with Crippen molar-refractivity contribution in [1.29, 1.82) is 0 Å². The van der Waals surface area contributed by atoms with Crippen molar-refractivity contribution in [3.8, 4) is 0 Å². The number of rotatable bonds is 4. The standard InChI is InChI=1S/C12H15N3O3/c16-12(14-10-4-5-13-8-10)7-9-2-1-3-11(6-9)15(17)18/h1-3,6,10,13H,4-5,7-8H2,(H,14,16)/t10-/m0/s1. The summed E-state index contributed by atoms with van der Waals surface area (Å²) in [6.07, 6.45) is 1.11. The van der Waals surface area contributed by atoms with Gasteiger partial charge in [-0.1, -0.05) is 12.1 Å². The molecule has 1 heterocycles. The van der Waals surface area contributed by atoms with Gasteiger partial charge in [0.15, 0.2) is 0 Å². The summed E-state index contributed by atoms with van der Waals surface area (Å²) in [4.78, 5) is 21.9. The predicted octanol–water partition coefficient (Wildman–Crippen LogP) is 0.615. The van der Waals surface area contributed by atoms with E-state index in [1.807, 2.05) is 0 Å². The topological polar surface area (TPSA) is 84.3 Å². The van der Waals surface area contributed by atoms with Crippen molar-refractivity contribution in [3.05, 3.63) is 39.9 Å². The Hall–Kier alpha value is -1.95. The fourth-order valence-corrected chi connectivity index (χ4v) is 2.02. The van der Waals surface area contributed by atoms with Gasteiger partial charge in [0.2, 0.25) is 5.91 Å². The number of amides is 1. The molecule has 0 aliphatic carbocycles. The number of hydrogen-bond donors (Lipinski definition) is 2. The first-order valence-electron chi connectivity index (χ1n) is 5.88. The second kappa shape index (κ2) is 5.59. The van der Waals surface area contributed by atoms with Gasteiger partial charge >= 0.3 is 0 Å². The van der Waals surface area contributed by atoms with Crippen LogP contribution in [0, 0.1) is 10.1 Å². The van der Waals surface area contributed by atoms with Crippen LogP contribution >= 0.6 is 0 Å². The molecule has 18 heavy (non-hydrogen) atoms. The number of benzene rings is 1. The molecule has 0 saturated carbocycles. The highest BCUT2D eigenvalue weighted by Crippen LogP contribution is 2.13. The van der Waals surface area contributed by atoms with E-state index in [-0.39, 0.29) is 24.1 Å². The number of carbonyl (C=O) groups is 1. The lowest BCUT2D eigenvalue weighted by atomic mass is 10.1. The lowest BCUT2D eigenvalue weighted by Crippen LogP contribution is -2.37. The first-order chi connectivity index (χ1) is 8.65. The quantitative estimate of drug-likeness (QED) is 0.605. The molecule has 0 bridgehead atoms. The number of nitro groups is 1. The molecule has 6 heteroatoms. The SMILES string of the molecule is O=C(Cc1cccc([N+](=O)[O-])c1)N[C@H]1CCNC1. The highest BCUT2D eigenvalue weighted by Gasteiger charge is 2.17. The Balaban J connectivity index is 1.93. The van der Waals surface area contributed by atoms with Crippen LogP contribution in [0.1, 0.15) is 12.0 Å². The second-order valence-electron chi connectivity index (χ2n) is 4.36. The van der Waals surface area contributed by atoms with E-state index >= 15 is 0 Å². The summed E-state index contributed by atoms with van der Waals surface area (Å²) >= 11 is 0. The number of non-ortho nitro benzene ring substituents is 1. The summed E-state index contributed by atoms with van der Waals surface area (Å²) in [5, 5.41) is 16.7. The zero-order valence-electron chi connectivity index (χ0n) is 9.89. The Morgan fingerprint density at radius 1 is 1.56 bits per heavy atom.